The number of benzene rings is 1. The maximum Gasteiger partial charge on any atom is 0.308 e. The van der Waals surface area contributed by atoms with Crippen molar-refractivity contribution in [1.29, 1.82) is 0 Å². The van der Waals surface area contributed by atoms with Crippen molar-refractivity contribution in [2.45, 2.75) is 12.8 Å². The second-order valence-electron chi connectivity index (χ2n) is 6.21. The fourth-order valence-electron chi connectivity index (χ4n) is 2.97. The lowest BCUT2D eigenvalue weighted by Crippen LogP contribution is -2.46. The summed E-state index contributed by atoms with van der Waals surface area (Å²) in [7, 11) is 1.55. The molecule has 1 fully saturated rings. The number of nitrogens with one attached hydrogen (secondary N) is 1. The summed E-state index contributed by atoms with van der Waals surface area (Å²) >= 11 is 0. The number of aromatic amines is 1. The second kappa shape index (κ2) is 6.88. The Balaban J connectivity index is 1.64. The van der Waals surface area contributed by atoms with E-state index in [4.69, 9.17) is 5.11 Å². The number of carbonyl (C=O) groups excluding carboxylic acids is 2. The average molecular weight is 345 g/mol. The molecule has 2 N–H and O–H groups in total. The third-order valence-corrected chi connectivity index (χ3v) is 4.41. The number of rotatable bonds is 4. The zero-order valence-electron chi connectivity index (χ0n) is 13.8. The Morgan fingerprint density at radius 1 is 1.32 bits per heavy atom. The normalized spacial score (nSPS) is 17.5. The average Bonchev–Trinajstić information content (AvgIpc) is 3.08. The van der Waals surface area contributed by atoms with Crippen LogP contribution in [0, 0.1) is 5.92 Å². The van der Waals surface area contributed by atoms with Crippen molar-refractivity contribution >= 4 is 28.8 Å². The van der Waals surface area contributed by atoms with Gasteiger partial charge in [-0.2, -0.15) is 15.4 Å². The number of hydrogen-bond donors (Lipinski definition) is 2. The van der Waals surface area contributed by atoms with E-state index < -0.39 is 11.9 Å². The molecule has 1 saturated heterocycles. The third-order valence-electron chi connectivity index (χ3n) is 4.41. The first-order valence-corrected chi connectivity index (χ1v) is 8.02. The third kappa shape index (κ3) is 3.59. The topological polar surface area (TPSA) is 119 Å². The van der Waals surface area contributed by atoms with Crippen molar-refractivity contribution in [2.24, 2.45) is 5.92 Å². The van der Waals surface area contributed by atoms with Crippen molar-refractivity contribution in [3.05, 3.63) is 23.8 Å². The van der Waals surface area contributed by atoms with E-state index in [9.17, 15) is 14.4 Å². The van der Waals surface area contributed by atoms with Gasteiger partial charge in [0.05, 0.1) is 12.5 Å². The number of hydrogen-bond acceptors (Lipinski definition) is 5. The van der Waals surface area contributed by atoms with Gasteiger partial charge in [0.25, 0.3) is 5.91 Å². The molecule has 9 nitrogen and oxygen atoms in total. The fraction of sp³-hybridized carbons (Fsp3) is 0.438. The smallest absolute Gasteiger partial charge is 0.308 e. The zero-order valence-corrected chi connectivity index (χ0v) is 13.8. The van der Waals surface area contributed by atoms with Crippen molar-refractivity contribution < 1.29 is 19.5 Å². The Morgan fingerprint density at radius 3 is 2.84 bits per heavy atom. The van der Waals surface area contributed by atoms with E-state index in [0.29, 0.717) is 36.0 Å². The monoisotopic (exact) mass is 345 g/mol. The summed E-state index contributed by atoms with van der Waals surface area (Å²) < 4.78 is 0. The molecule has 1 aliphatic heterocycles. The number of likely N-dealkylation sites (N-methyl/N-ethyl adjacent to an activating group) is 1. The maximum absolute atomic E-state index is 12.5. The highest BCUT2D eigenvalue weighted by molar-refractivity contribution is 5.98. The molecular formula is C16H19N5O4. The molecule has 0 bridgehead atoms. The number of carboxylic acids is 1. The van der Waals surface area contributed by atoms with Crippen molar-refractivity contribution in [3.63, 3.8) is 0 Å². The molecule has 132 valence electrons. The first kappa shape index (κ1) is 16.9. The minimum Gasteiger partial charge on any atom is -0.481 e. The molecule has 2 amide bonds. The number of amides is 2. The van der Waals surface area contributed by atoms with Gasteiger partial charge in [0, 0.05) is 25.7 Å². The van der Waals surface area contributed by atoms with E-state index in [1.165, 1.54) is 9.80 Å². The predicted molar refractivity (Wildman–Crippen MR) is 87.8 cm³/mol. The van der Waals surface area contributed by atoms with Gasteiger partial charge in [-0.3, -0.25) is 14.4 Å². The Kier molecular flexibility index (Phi) is 4.64. The highest BCUT2D eigenvalue weighted by Gasteiger charge is 2.29. The molecule has 1 atom stereocenters. The van der Waals surface area contributed by atoms with Crippen LogP contribution in [0.2, 0.25) is 0 Å². The van der Waals surface area contributed by atoms with Crippen molar-refractivity contribution in [3.8, 4) is 0 Å². The van der Waals surface area contributed by atoms with Crippen LogP contribution in [0.3, 0.4) is 0 Å². The molecule has 0 unspecified atom stereocenters. The van der Waals surface area contributed by atoms with Crippen LogP contribution < -0.4 is 0 Å². The largest absolute Gasteiger partial charge is 0.481 e. The van der Waals surface area contributed by atoms with Crippen molar-refractivity contribution in [1.82, 2.24) is 25.2 Å². The second-order valence-corrected chi connectivity index (χ2v) is 6.21. The van der Waals surface area contributed by atoms with E-state index in [2.05, 4.69) is 15.4 Å². The van der Waals surface area contributed by atoms with Gasteiger partial charge in [-0.05, 0) is 31.0 Å². The van der Waals surface area contributed by atoms with Gasteiger partial charge in [-0.15, -0.1) is 0 Å². The molecule has 0 radical (unpaired) electrons. The molecule has 1 aliphatic rings. The molecule has 9 heteroatoms. The minimum absolute atomic E-state index is 0.0952. The van der Waals surface area contributed by atoms with E-state index in [-0.39, 0.29) is 24.9 Å². The number of fused-ring (bicyclic) bond motifs is 1. The molecule has 2 heterocycles. The number of aliphatic carboxylic acids is 1. The lowest BCUT2D eigenvalue weighted by molar-refractivity contribution is -0.145. The Hall–Kier alpha value is -2.97. The highest BCUT2D eigenvalue weighted by atomic mass is 16.4. The lowest BCUT2D eigenvalue weighted by Gasteiger charge is -2.32. The van der Waals surface area contributed by atoms with Crippen LogP contribution in [0.4, 0.5) is 0 Å². The van der Waals surface area contributed by atoms with Gasteiger partial charge in [0.15, 0.2) is 0 Å². The summed E-state index contributed by atoms with van der Waals surface area (Å²) in [4.78, 5) is 38.9. The fourth-order valence-corrected chi connectivity index (χ4v) is 2.97. The van der Waals surface area contributed by atoms with Crippen LogP contribution in [0.5, 0.6) is 0 Å². The number of H-pyrrole nitrogens is 1. The number of likely N-dealkylation sites (tertiary alicyclic amines) is 1. The van der Waals surface area contributed by atoms with Crippen LogP contribution >= 0.6 is 0 Å². The van der Waals surface area contributed by atoms with Gasteiger partial charge in [-0.25, -0.2) is 0 Å². The first-order valence-electron chi connectivity index (χ1n) is 8.02. The number of aromatic nitrogens is 3. The van der Waals surface area contributed by atoms with Crippen LogP contribution in [0.1, 0.15) is 23.2 Å². The molecular weight excluding hydrogens is 326 g/mol. The van der Waals surface area contributed by atoms with Crippen LogP contribution in [-0.4, -0.2) is 74.8 Å². The van der Waals surface area contributed by atoms with Gasteiger partial charge in [0.1, 0.15) is 11.0 Å². The molecule has 3 rings (SSSR count). The Morgan fingerprint density at radius 2 is 2.08 bits per heavy atom. The number of carboxylic acid groups (broad SMARTS) is 1. The van der Waals surface area contributed by atoms with Crippen LogP contribution in [0.15, 0.2) is 18.2 Å². The molecule has 0 aliphatic carbocycles. The molecule has 1 aromatic carbocycles. The van der Waals surface area contributed by atoms with E-state index >= 15 is 0 Å². The van der Waals surface area contributed by atoms with Crippen LogP contribution in [-0.2, 0) is 9.59 Å². The highest BCUT2D eigenvalue weighted by Crippen LogP contribution is 2.17. The number of carbonyl (C=O) groups is 3. The van der Waals surface area contributed by atoms with Crippen molar-refractivity contribution in [2.75, 3.05) is 26.7 Å². The van der Waals surface area contributed by atoms with E-state index in [1.807, 2.05) is 0 Å². The van der Waals surface area contributed by atoms with Crippen LogP contribution in [0.25, 0.3) is 11.0 Å². The quantitative estimate of drug-likeness (QED) is 0.825. The van der Waals surface area contributed by atoms with Gasteiger partial charge in [-0.1, -0.05) is 0 Å². The standard InChI is InChI=1S/C16H19N5O4/c1-20(9-14(22)21-6-2-3-11(8-21)16(24)25)15(23)10-4-5-12-13(7-10)18-19-17-12/h4-5,7,11H,2-3,6,8-9H2,1H3,(H,24,25)(H,17,18,19)/t11-/m0/s1. The van der Waals surface area contributed by atoms with Gasteiger partial charge < -0.3 is 14.9 Å². The molecule has 2 aromatic rings. The molecule has 25 heavy (non-hydrogen) atoms. The minimum atomic E-state index is -0.886. The first-order chi connectivity index (χ1) is 12.0. The summed E-state index contributed by atoms with van der Waals surface area (Å²) in [6.07, 6.45) is 1.23. The Bertz CT molecular complexity index is 818. The summed E-state index contributed by atoms with van der Waals surface area (Å²) in [6, 6.07) is 4.93. The van der Waals surface area contributed by atoms with Gasteiger partial charge >= 0.3 is 5.97 Å². The Labute approximate surface area is 143 Å². The van der Waals surface area contributed by atoms with Gasteiger partial charge in [0.2, 0.25) is 5.91 Å². The summed E-state index contributed by atoms with van der Waals surface area (Å²) in [5.74, 6) is -1.97. The number of piperidine rings is 1. The molecule has 0 saturated carbocycles. The molecule has 1 aromatic heterocycles. The molecule has 0 spiro atoms. The van der Waals surface area contributed by atoms with E-state index in [1.54, 1.807) is 25.2 Å². The summed E-state index contributed by atoms with van der Waals surface area (Å²) in [6.45, 7) is 0.624. The SMILES string of the molecule is CN(CC(=O)N1CCC[C@H](C(=O)O)C1)C(=O)c1ccc2n[nH]nc2c1. The number of nitrogens with zero attached hydrogens (tertiary/aromatic N) is 4. The summed E-state index contributed by atoms with van der Waals surface area (Å²) in [5.41, 5.74) is 1.65. The summed E-state index contributed by atoms with van der Waals surface area (Å²) in [5, 5.41) is 19.5. The lowest BCUT2D eigenvalue weighted by atomic mass is 9.98. The zero-order chi connectivity index (χ0) is 18.0. The maximum atomic E-state index is 12.5. The predicted octanol–water partition coefficient (Wildman–Crippen LogP) is 0.353. The van der Waals surface area contributed by atoms with E-state index in [0.717, 1.165) is 0 Å².